The Bertz CT molecular complexity index is 807. The van der Waals surface area contributed by atoms with Gasteiger partial charge < -0.3 is 10.3 Å². The summed E-state index contributed by atoms with van der Waals surface area (Å²) in [5.74, 6) is 0.734. The predicted molar refractivity (Wildman–Crippen MR) is 79.5 cm³/mol. The van der Waals surface area contributed by atoms with Crippen LogP contribution in [0.4, 0.5) is 0 Å². The van der Waals surface area contributed by atoms with Crippen molar-refractivity contribution in [2.24, 2.45) is 12.8 Å². The summed E-state index contributed by atoms with van der Waals surface area (Å²) in [6, 6.07) is 9.96. The van der Waals surface area contributed by atoms with Crippen LogP contribution in [-0.2, 0) is 13.5 Å². The first kappa shape index (κ1) is 13.3. The number of imidazole rings is 1. The van der Waals surface area contributed by atoms with Crippen molar-refractivity contribution in [2.75, 3.05) is 6.54 Å². The molecule has 0 spiro atoms. The highest BCUT2D eigenvalue weighted by molar-refractivity contribution is 5.76. The van der Waals surface area contributed by atoms with Gasteiger partial charge in [0.1, 0.15) is 5.82 Å². The molecule has 1 unspecified atom stereocenters. The third kappa shape index (κ3) is 2.28. The van der Waals surface area contributed by atoms with E-state index in [4.69, 9.17) is 11.0 Å². The second kappa shape index (κ2) is 5.38. The van der Waals surface area contributed by atoms with Crippen molar-refractivity contribution in [3.63, 3.8) is 0 Å². The Labute approximate surface area is 122 Å². The van der Waals surface area contributed by atoms with Crippen LogP contribution >= 0.6 is 0 Å². The molecule has 0 bridgehead atoms. The molecule has 0 aliphatic rings. The summed E-state index contributed by atoms with van der Waals surface area (Å²) in [6.07, 6.45) is 4.01. The van der Waals surface area contributed by atoms with Crippen LogP contribution in [-0.4, -0.2) is 25.9 Å². The van der Waals surface area contributed by atoms with Gasteiger partial charge >= 0.3 is 0 Å². The number of hydrogen-bond donors (Lipinski definition) is 1. The van der Waals surface area contributed by atoms with E-state index in [1.807, 2.05) is 43.7 Å². The van der Waals surface area contributed by atoms with Crippen LogP contribution in [0.2, 0.25) is 0 Å². The molecule has 21 heavy (non-hydrogen) atoms. The van der Waals surface area contributed by atoms with Gasteiger partial charge in [0.25, 0.3) is 0 Å². The minimum absolute atomic E-state index is 0.0746. The number of rotatable bonds is 4. The highest BCUT2D eigenvalue weighted by Gasteiger charge is 2.20. The molecule has 6 heteroatoms. The molecule has 1 aromatic carbocycles. The molecule has 3 aromatic rings. The number of nitrogens with zero attached hydrogens (tertiary/aromatic N) is 5. The van der Waals surface area contributed by atoms with E-state index in [0.29, 0.717) is 6.54 Å². The molecular formula is C15H16N6. The van der Waals surface area contributed by atoms with Crippen molar-refractivity contribution in [2.45, 2.75) is 12.5 Å². The van der Waals surface area contributed by atoms with E-state index in [9.17, 15) is 0 Å². The monoisotopic (exact) mass is 280 g/mol. The lowest BCUT2D eigenvalue weighted by molar-refractivity contribution is 0.588. The van der Waals surface area contributed by atoms with Gasteiger partial charge in [0, 0.05) is 25.4 Å². The van der Waals surface area contributed by atoms with Crippen molar-refractivity contribution in [1.82, 2.24) is 19.3 Å². The van der Waals surface area contributed by atoms with E-state index < -0.39 is 0 Å². The maximum absolute atomic E-state index is 9.05. The summed E-state index contributed by atoms with van der Waals surface area (Å²) in [6.45, 7) is 0.421. The molecule has 1 atom stereocenters. The van der Waals surface area contributed by atoms with E-state index in [-0.39, 0.29) is 12.5 Å². The average Bonchev–Trinajstić information content (AvgIpc) is 3.06. The van der Waals surface area contributed by atoms with Crippen LogP contribution in [0.1, 0.15) is 17.4 Å². The molecular weight excluding hydrogens is 264 g/mol. The molecule has 0 amide bonds. The van der Waals surface area contributed by atoms with Gasteiger partial charge in [-0.2, -0.15) is 10.4 Å². The Hall–Kier alpha value is -2.65. The average molecular weight is 280 g/mol. The molecule has 3 rings (SSSR count). The zero-order chi connectivity index (χ0) is 14.8. The first-order valence-corrected chi connectivity index (χ1v) is 6.76. The lowest BCUT2D eigenvalue weighted by Crippen LogP contribution is -2.22. The van der Waals surface area contributed by atoms with Crippen molar-refractivity contribution in [3.05, 3.63) is 48.0 Å². The largest absolute Gasteiger partial charge is 0.328 e. The Morgan fingerprint density at radius 1 is 1.38 bits per heavy atom. The molecule has 0 saturated carbocycles. The number of aryl methyl sites for hydroxylation is 1. The fraction of sp³-hybridized carbons (Fsp3) is 0.267. The fourth-order valence-corrected chi connectivity index (χ4v) is 2.64. The zero-order valence-electron chi connectivity index (χ0n) is 11.8. The van der Waals surface area contributed by atoms with Crippen LogP contribution in [0.15, 0.2) is 36.7 Å². The smallest absolute Gasteiger partial charge is 0.124 e. The van der Waals surface area contributed by atoms with Gasteiger partial charge in [-0.05, 0) is 12.1 Å². The van der Waals surface area contributed by atoms with Crippen molar-refractivity contribution in [3.8, 4) is 6.07 Å². The Morgan fingerprint density at radius 3 is 2.86 bits per heavy atom. The lowest BCUT2D eigenvalue weighted by Gasteiger charge is -2.18. The molecule has 0 aliphatic carbocycles. The van der Waals surface area contributed by atoms with Gasteiger partial charge in [0.05, 0.1) is 35.8 Å². The van der Waals surface area contributed by atoms with Gasteiger partial charge in [0.15, 0.2) is 0 Å². The first-order valence-electron chi connectivity index (χ1n) is 6.76. The summed E-state index contributed by atoms with van der Waals surface area (Å²) < 4.78 is 3.80. The minimum atomic E-state index is -0.0746. The SMILES string of the molecule is Cn1cc(C(CN)n2c(CC#N)nc3ccccc32)cn1. The van der Waals surface area contributed by atoms with E-state index in [1.54, 1.807) is 4.68 Å². The second-order valence-corrected chi connectivity index (χ2v) is 4.92. The number of fused-ring (bicyclic) bond motifs is 1. The number of para-hydroxylation sites is 2. The van der Waals surface area contributed by atoms with E-state index >= 15 is 0 Å². The normalized spacial score (nSPS) is 12.4. The maximum atomic E-state index is 9.05. The maximum Gasteiger partial charge on any atom is 0.124 e. The molecule has 2 N–H and O–H groups in total. The summed E-state index contributed by atoms with van der Waals surface area (Å²) in [7, 11) is 1.87. The number of hydrogen-bond acceptors (Lipinski definition) is 4. The zero-order valence-corrected chi connectivity index (χ0v) is 11.8. The lowest BCUT2D eigenvalue weighted by atomic mass is 10.1. The van der Waals surface area contributed by atoms with Crippen LogP contribution in [0.5, 0.6) is 0 Å². The first-order chi connectivity index (χ1) is 10.2. The molecule has 0 radical (unpaired) electrons. The third-order valence-corrected chi connectivity index (χ3v) is 3.55. The number of aromatic nitrogens is 4. The number of nitrogens with two attached hydrogens (primary N) is 1. The second-order valence-electron chi connectivity index (χ2n) is 4.92. The fourth-order valence-electron chi connectivity index (χ4n) is 2.64. The van der Waals surface area contributed by atoms with Crippen molar-refractivity contribution < 1.29 is 0 Å². The molecule has 106 valence electrons. The Balaban J connectivity index is 2.21. The molecule has 0 saturated heterocycles. The van der Waals surface area contributed by atoms with Crippen LogP contribution in [0, 0.1) is 11.3 Å². The van der Waals surface area contributed by atoms with Crippen LogP contribution in [0.3, 0.4) is 0 Å². The standard InChI is InChI=1S/C15H16N6/c1-20-10-11(9-18-20)14(8-17)21-13-5-3-2-4-12(13)19-15(21)6-7-16/h2-5,9-10,14H,6,8,17H2,1H3. The highest BCUT2D eigenvalue weighted by Crippen LogP contribution is 2.25. The van der Waals surface area contributed by atoms with Crippen LogP contribution in [0.25, 0.3) is 11.0 Å². The molecule has 2 aromatic heterocycles. The van der Waals surface area contributed by atoms with E-state index in [2.05, 4.69) is 20.7 Å². The predicted octanol–water partition coefficient (Wildman–Crippen LogP) is 1.38. The molecule has 6 nitrogen and oxygen atoms in total. The topological polar surface area (TPSA) is 85.5 Å². The Morgan fingerprint density at radius 2 is 2.19 bits per heavy atom. The van der Waals surface area contributed by atoms with E-state index in [0.717, 1.165) is 22.4 Å². The number of benzene rings is 1. The number of nitriles is 1. The molecule has 2 heterocycles. The van der Waals surface area contributed by atoms with Gasteiger partial charge in [-0.3, -0.25) is 4.68 Å². The van der Waals surface area contributed by atoms with Gasteiger partial charge in [-0.25, -0.2) is 4.98 Å². The summed E-state index contributed by atoms with van der Waals surface area (Å²) in [5.41, 5.74) is 8.88. The molecule has 0 aliphatic heterocycles. The summed E-state index contributed by atoms with van der Waals surface area (Å²) in [4.78, 5) is 4.56. The van der Waals surface area contributed by atoms with Gasteiger partial charge in [-0.15, -0.1) is 0 Å². The summed E-state index contributed by atoms with van der Waals surface area (Å²) >= 11 is 0. The van der Waals surface area contributed by atoms with Gasteiger partial charge in [0.2, 0.25) is 0 Å². The Kier molecular flexibility index (Phi) is 3.42. The minimum Gasteiger partial charge on any atom is -0.328 e. The quantitative estimate of drug-likeness (QED) is 0.782. The van der Waals surface area contributed by atoms with Gasteiger partial charge in [-0.1, -0.05) is 12.1 Å². The summed E-state index contributed by atoms with van der Waals surface area (Å²) in [5, 5.41) is 13.3. The highest BCUT2D eigenvalue weighted by atomic mass is 15.2. The molecule has 0 fully saturated rings. The van der Waals surface area contributed by atoms with E-state index in [1.165, 1.54) is 0 Å². The third-order valence-electron chi connectivity index (χ3n) is 3.55. The van der Waals surface area contributed by atoms with Crippen molar-refractivity contribution in [1.29, 1.82) is 5.26 Å². The van der Waals surface area contributed by atoms with Crippen molar-refractivity contribution >= 4 is 11.0 Å². The van der Waals surface area contributed by atoms with Crippen LogP contribution < -0.4 is 5.73 Å².